The van der Waals surface area contributed by atoms with E-state index in [0.717, 1.165) is 39.2 Å². The number of hydrogen-bond acceptors (Lipinski definition) is 3. The van der Waals surface area contributed by atoms with E-state index in [4.69, 9.17) is 15.2 Å². The fraction of sp³-hybridized carbons (Fsp3) is 0.0192. The van der Waals surface area contributed by atoms with E-state index in [1.807, 2.05) is 48.5 Å². The summed E-state index contributed by atoms with van der Waals surface area (Å²) < 4.78 is 2.49. The Morgan fingerprint density at radius 1 is 0.375 bits per heavy atom. The predicted octanol–water partition coefficient (Wildman–Crippen LogP) is 12.3. The second-order valence-corrected chi connectivity index (χ2v) is 14.7. The van der Waals surface area contributed by atoms with Gasteiger partial charge in [-0.2, -0.15) is 0 Å². The van der Waals surface area contributed by atoms with Crippen LogP contribution >= 0.6 is 0 Å². The molecule has 0 amide bonds. The van der Waals surface area contributed by atoms with Crippen molar-refractivity contribution in [2.45, 2.75) is 5.41 Å². The molecule has 3 heterocycles. The lowest BCUT2D eigenvalue weighted by molar-refractivity contribution is 0.748. The highest BCUT2D eigenvalue weighted by Gasteiger charge is 2.50. The van der Waals surface area contributed by atoms with Crippen molar-refractivity contribution in [3.63, 3.8) is 0 Å². The van der Waals surface area contributed by atoms with Crippen LogP contribution in [-0.4, -0.2) is 19.7 Å². The van der Waals surface area contributed by atoms with Gasteiger partial charge in [0.2, 0.25) is 0 Å². The van der Waals surface area contributed by atoms with Gasteiger partial charge >= 0.3 is 0 Å². The Morgan fingerprint density at radius 3 is 1.84 bits per heavy atom. The second-order valence-electron chi connectivity index (χ2n) is 14.7. The summed E-state index contributed by atoms with van der Waals surface area (Å²) in [5.41, 5.74) is 17.7. The summed E-state index contributed by atoms with van der Waals surface area (Å²) in [6, 6.07) is 69.8. The quantitative estimate of drug-likeness (QED) is 0.182. The first-order valence-electron chi connectivity index (χ1n) is 19.1. The lowest BCUT2D eigenvalue weighted by Crippen LogP contribution is -2.33. The van der Waals surface area contributed by atoms with Gasteiger partial charge in [0, 0.05) is 27.5 Å². The van der Waals surface area contributed by atoms with Crippen LogP contribution in [0.25, 0.3) is 83.6 Å². The summed E-state index contributed by atoms with van der Waals surface area (Å²) in [4.78, 5) is 5.17. The summed E-state index contributed by atoms with van der Waals surface area (Å²) in [5, 5.41) is 12.2. The minimum Gasteiger partial charge on any atom is -0.309 e. The van der Waals surface area contributed by atoms with Gasteiger partial charge in [0.15, 0.2) is 5.82 Å². The first-order chi connectivity index (χ1) is 27.8. The Kier molecular flexibility index (Phi) is 6.52. The van der Waals surface area contributed by atoms with Crippen LogP contribution in [0, 0.1) is 0 Å². The average Bonchev–Trinajstić information content (AvgIpc) is 3.77. The number of aromatic nitrogens is 4. The number of para-hydroxylation sites is 3. The van der Waals surface area contributed by atoms with E-state index in [1.54, 1.807) is 0 Å². The van der Waals surface area contributed by atoms with Crippen molar-refractivity contribution >= 4 is 21.8 Å². The molecule has 2 aromatic heterocycles. The molecule has 1 atom stereocenters. The molecule has 0 N–H and O–H groups in total. The fourth-order valence-corrected chi connectivity index (χ4v) is 9.69. The normalized spacial score (nSPS) is 14.9. The molecule has 8 aromatic carbocycles. The molecule has 0 saturated heterocycles. The molecule has 10 aromatic rings. The monoisotopic (exact) mass is 712 g/mol. The van der Waals surface area contributed by atoms with Gasteiger partial charge < -0.3 is 4.57 Å². The molecule has 2 aliphatic rings. The molecule has 4 heteroatoms. The van der Waals surface area contributed by atoms with Gasteiger partial charge in [0.1, 0.15) is 11.4 Å². The second kappa shape index (κ2) is 11.8. The molecule has 4 nitrogen and oxygen atoms in total. The van der Waals surface area contributed by atoms with Crippen molar-refractivity contribution < 1.29 is 0 Å². The van der Waals surface area contributed by atoms with Crippen molar-refractivity contribution in [3.05, 3.63) is 216 Å². The zero-order chi connectivity index (χ0) is 36.8. The van der Waals surface area contributed by atoms with Gasteiger partial charge in [-0.3, -0.25) is 0 Å². The van der Waals surface area contributed by atoms with Crippen LogP contribution in [0.2, 0.25) is 0 Å². The highest BCUT2D eigenvalue weighted by molar-refractivity contribution is 6.13. The Labute approximate surface area is 324 Å². The minimum atomic E-state index is -0.492. The summed E-state index contributed by atoms with van der Waals surface area (Å²) in [6.07, 6.45) is 0. The van der Waals surface area contributed by atoms with E-state index in [9.17, 15) is 0 Å². The number of fused-ring (bicyclic) bond motifs is 12. The maximum absolute atomic E-state index is 5.17. The van der Waals surface area contributed by atoms with E-state index < -0.39 is 5.41 Å². The molecular weight excluding hydrogens is 681 g/mol. The van der Waals surface area contributed by atoms with Gasteiger partial charge in [-0.15, -0.1) is 10.2 Å². The molecule has 0 fully saturated rings. The van der Waals surface area contributed by atoms with Crippen LogP contribution in [0.15, 0.2) is 194 Å². The Bertz CT molecular complexity index is 3200. The van der Waals surface area contributed by atoms with Crippen molar-refractivity contribution in [1.29, 1.82) is 0 Å². The van der Waals surface area contributed by atoms with Crippen LogP contribution in [-0.2, 0) is 5.41 Å². The third kappa shape index (κ3) is 4.15. The first-order valence-corrected chi connectivity index (χ1v) is 19.1. The van der Waals surface area contributed by atoms with Crippen molar-refractivity contribution in [2.75, 3.05) is 0 Å². The lowest BCUT2D eigenvalue weighted by atomic mass is 9.65. The molecule has 0 radical (unpaired) electrons. The largest absolute Gasteiger partial charge is 0.309 e. The molecule has 260 valence electrons. The Hall–Kier alpha value is -7.43. The lowest BCUT2D eigenvalue weighted by Gasteiger charge is -2.39. The van der Waals surface area contributed by atoms with Gasteiger partial charge in [0.25, 0.3) is 0 Å². The van der Waals surface area contributed by atoms with E-state index in [1.165, 1.54) is 60.9 Å². The Morgan fingerprint density at radius 2 is 1.00 bits per heavy atom. The molecule has 12 rings (SSSR count). The van der Waals surface area contributed by atoms with Gasteiger partial charge in [0.05, 0.1) is 22.1 Å². The van der Waals surface area contributed by atoms with E-state index in [0.29, 0.717) is 5.82 Å². The maximum Gasteiger partial charge on any atom is 0.182 e. The van der Waals surface area contributed by atoms with Crippen LogP contribution in [0.4, 0.5) is 0 Å². The predicted molar refractivity (Wildman–Crippen MR) is 227 cm³/mol. The minimum absolute atomic E-state index is 0.492. The average molecular weight is 713 g/mol. The SMILES string of the molecule is c1ccc(-c2nnc(-c3ccccc3-c3ccc4c(c3)-c3ccccc3C43c4ccccc4-n4c5ccccc5c5cccc3c54)c(-c3ccccc3)n2)cc1. The maximum atomic E-state index is 5.17. The van der Waals surface area contributed by atoms with Crippen LogP contribution in [0.3, 0.4) is 0 Å². The number of hydrogen-bond donors (Lipinski definition) is 0. The van der Waals surface area contributed by atoms with Crippen LogP contribution < -0.4 is 0 Å². The molecule has 0 saturated carbocycles. The molecule has 1 aliphatic heterocycles. The topological polar surface area (TPSA) is 43.6 Å². The summed E-state index contributed by atoms with van der Waals surface area (Å²) >= 11 is 0. The zero-order valence-corrected chi connectivity index (χ0v) is 30.3. The molecule has 56 heavy (non-hydrogen) atoms. The third-order valence-corrected chi connectivity index (χ3v) is 12.0. The highest BCUT2D eigenvalue weighted by atomic mass is 15.2. The van der Waals surface area contributed by atoms with E-state index in [-0.39, 0.29) is 0 Å². The Balaban J connectivity index is 1.10. The molecule has 1 unspecified atom stereocenters. The van der Waals surface area contributed by atoms with Crippen LogP contribution in [0.1, 0.15) is 22.3 Å². The van der Waals surface area contributed by atoms with E-state index >= 15 is 0 Å². The van der Waals surface area contributed by atoms with Gasteiger partial charge in [-0.05, 0) is 62.7 Å². The molecule has 1 aliphatic carbocycles. The molecule has 1 spiro atoms. The number of rotatable bonds is 4. The zero-order valence-electron chi connectivity index (χ0n) is 30.3. The number of nitrogens with zero attached hydrogens (tertiary/aromatic N) is 4. The van der Waals surface area contributed by atoms with Gasteiger partial charge in [-0.25, -0.2) is 4.98 Å². The first kappa shape index (κ1) is 31.0. The van der Waals surface area contributed by atoms with Crippen LogP contribution in [0.5, 0.6) is 0 Å². The summed E-state index contributed by atoms with van der Waals surface area (Å²) in [7, 11) is 0. The van der Waals surface area contributed by atoms with E-state index in [2.05, 4.69) is 150 Å². The molecule has 0 bridgehead atoms. The van der Waals surface area contributed by atoms with Crippen molar-refractivity contribution in [3.8, 4) is 61.8 Å². The number of benzene rings is 8. The van der Waals surface area contributed by atoms with Crippen molar-refractivity contribution in [2.24, 2.45) is 0 Å². The summed E-state index contributed by atoms with van der Waals surface area (Å²) in [5.74, 6) is 0.604. The van der Waals surface area contributed by atoms with Gasteiger partial charge in [-0.1, -0.05) is 176 Å². The highest BCUT2D eigenvalue weighted by Crippen LogP contribution is 2.61. The fourth-order valence-electron chi connectivity index (χ4n) is 9.69. The third-order valence-electron chi connectivity index (χ3n) is 12.0. The molecular formula is C52H32N4. The summed E-state index contributed by atoms with van der Waals surface area (Å²) in [6.45, 7) is 0. The van der Waals surface area contributed by atoms with Crippen molar-refractivity contribution in [1.82, 2.24) is 19.7 Å². The standard InChI is InChI=1S/C52H32N4/c1-3-16-33(17-4-1)48-49(54-55-51(53-48)34-18-5-2-6-19-34)39-23-8-7-20-36(39)35-30-31-43-41(32-35)37-21-9-11-25-42(37)52(43)44-26-12-14-29-47(44)56-46-28-13-10-22-38(46)40-24-15-27-45(52)50(40)56/h1-32H. The smallest absolute Gasteiger partial charge is 0.182 e.